The van der Waals surface area contributed by atoms with Gasteiger partial charge in [-0.25, -0.2) is 0 Å². The number of hydrogen-bond acceptors (Lipinski definition) is 9. The van der Waals surface area contributed by atoms with Crippen molar-refractivity contribution in [1.82, 2.24) is 19.7 Å². The summed E-state index contributed by atoms with van der Waals surface area (Å²) in [6.45, 7) is 3.99. The zero-order chi connectivity index (χ0) is 31.3. The monoisotopic (exact) mass is 606 g/mol. The molecule has 0 spiro atoms. The summed E-state index contributed by atoms with van der Waals surface area (Å²) in [5, 5.41) is 5.41. The molecule has 10 nitrogen and oxygen atoms in total. The van der Waals surface area contributed by atoms with Crippen LogP contribution in [0.4, 0.5) is 0 Å². The Balaban J connectivity index is 1.24. The van der Waals surface area contributed by atoms with Crippen LogP contribution in [0.2, 0.25) is 0 Å². The third-order valence-electron chi connectivity index (χ3n) is 7.95. The SMILES string of the molecule is COc1cc2nccc(Oc3ccc(CC(=O)c4cn(CC5CCOCC5)nc(-c5ccc(C)cc5)c4=O)nc3)c2cc1OC. The lowest BCUT2D eigenvalue weighted by Crippen LogP contribution is -2.27. The molecule has 0 radical (unpaired) electrons. The maximum atomic E-state index is 13.6. The van der Waals surface area contributed by atoms with Crippen molar-refractivity contribution < 1.29 is 23.7 Å². The van der Waals surface area contributed by atoms with Gasteiger partial charge in [0, 0.05) is 54.9 Å². The molecule has 1 aliphatic rings. The minimum Gasteiger partial charge on any atom is -0.493 e. The first-order valence-corrected chi connectivity index (χ1v) is 14.8. The third-order valence-corrected chi connectivity index (χ3v) is 7.95. The number of methoxy groups -OCH3 is 2. The van der Waals surface area contributed by atoms with E-state index in [1.54, 1.807) is 61.8 Å². The van der Waals surface area contributed by atoms with Gasteiger partial charge in [0.25, 0.3) is 0 Å². The first-order chi connectivity index (χ1) is 21.9. The van der Waals surface area contributed by atoms with E-state index in [0.29, 0.717) is 65.4 Å². The second-order valence-electron chi connectivity index (χ2n) is 11.1. The van der Waals surface area contributed by atoms with E-state index in [1.807, 2.05) is 37.3 Å². The van der Waals surface area contributed by atoms with Crippen LogP contribution in [0.1, 0.15) is 34.5 Å². The van der Waals surface area contributed by atoms with Crippen LogP contribution in [0.5, 0.6) is 23.0 Å². The van der Waals surface area contributed by atoms with Crippen LogP contribution >= 0.6 is 0 Å². The lowest BCUT2D eigenvalue weighted by Gasteiger charge is -2.23. The van der Waals surface area contributed by atoms with Gasteiger partial charge in [-0.15, -0.1) is 0 Å². The van der Waals surface area contributed by atoms with Gasteiger partial charge in [0.05, 0.1) is 37.9 Å². The Bertz CT molecular complexity index is 1880. The molecule has 1 saturated heterocycles. The smallest absolute Gasteiger partial charge is 0.218 e. The zero-order valence-corrected chi connectivity index (χ0v) is 25.5. The standard InChI is InChI=1S/C35H34N4O6/c1-22-4-6-24(7-5-22)34-35(41)28(21-39(38-34)20-23-11-14-44-15-12-23)30(40)16-25-8-9-26(19-37-25)45-31-10-13-36-29-18-33(43-3)32(42-2)17-27(29)31/h4-10,13,17-19,21,23H,11-12,14-16,20H2,1-3H3. The largest absolute Gasteiger partial charge is 0.493 e. The lowest BCUT2D eigenvalue weighted by atomic mass is 10.00. The summed E-state index contributed by atoms with van der Waals surface area (Å²) in [4.78, 5) is 36.1. The van der Waals surface area contributed by atoms with E-state index in [2.05, 4.69) is 15.1 Å². The topological polar surface area (TPSA) is 115 Å². The van der Waals surface area contributed by atoms with Crippen LogP contribution in [0.3, 0.4) is 0 Å². The normalized spacial score (nSPS) is 13.5. The fraction of sp³-hybridized carbons (Fsp3) is 0.286. The number of benzene rings is 2. The van der Waals surface area contributed by atoms with E-state index in [9.17, 15) is 9.59 Å². The Hall–Kier alpha value is -5.09. The second kappa shape index (κ2) is 13.3. The molecule has 0 saturated carbocycles. The summed E-state index contributed by atoms with van der Waals surface area (Å²) in [7, 11) is 3.14. The molecule has 0 bridgehead atoms. The molecule has 4 heterocycles. The summed E-state index contributed by atoms with van der Waals surface area (Å²) in [6, 6.07) is 16.4. The molecule has 3 aromatic heterocycles. The number of aromatic nitrogens is 4. The maximum Gasteiger partial charge on any atom is 0.218 e. The first-order valence-electron chi connectivity index (χ1n) is 14.8. The van der Waals surface area contributed by atoms with Crippen LogP contribution in [0.25, 0.3) is 22.2 Å². The lowest BCUT2D eigenvalue weighted by molar-refractivity contribution is 0.0599. The van der Waals surface area contributed by atoms with Crippen molar-refractivity contribution in [2.75, 3.05) is 27.4 Å². The van der Waals surface area contributed by atoms with Gasteiger partial charge in [-0.1, -0.05) is 29.8 Å². The van der Waals surface area contributed by atoms with Gasteiger partial charge >= 0.3 is 0 Å². The molecular weight excluding hydrogens is 572 g/mol. The molecule has 6 rings (SSSR count). The Morgan fingerprint density at radius 2 is 1.71 bits per heavy atom. The number of aryl methyl sites for hydroxylation is 1. The van der Waals surface area contributed by atoms with Crippen LogP contribution in [-0.2, 0) is 17.7 Å². The number of ether oxygens (including phenoxy) is 4. The number of carbonyl (C=O) groups is 1. The number of Topliss-reactive ketones (excluding diaryl/α,β-unsaturated/α-hetero) is 1. The van der Waals surface area contributed by atoms with E-state index >= 15 is 0 Å². The minimum absolute atomic E-state index is 0.0423. The average Bonchev–Trinajstić information content (AvgIpc) is 3.06. The van der Waals surface area contributed by atoms with Crippen molar-refractivity contribution >= 4 is 16.7 Å². The van der Waals surface area contributed by atoms with E-state index < -0.39 is 0 Å². The number of nitrogens with zero attached hydrogens (tertiary/aromatic N) is 4. The molecule has 2 aromatic carbocycles. The fourth-order valence-electron chi connectivity index (χ4n) is 5.42. The van der Waals surface area contributed by atoms with Crippen molar-refractivity contribution in [1.29, 1.82) is 0 Å². The molecule has 0 N–H and O–H groups in total. The summed E-state index contributed by atoms with van der Waals surface area (Å²) in [5.41, 5.74) is 2.94. The molecule has 0 atom stereocenters. The minimum atomic E-state index is -0.386. The highest BCUT2D eigenvalue weighted by Crippen LogP contribution is 2.36. The number of rotatable bonds is 10. The molecule has 0 unspecified atom stereocenters. The van der Waals surface area contributed by atoms with Gasteiger partial charge in [0.2, 0.25) is 5.43 Å². The number of ketones is 1. The molecule has 0 aliphatic carbocycles. The predicted molar refractivity (Wildman–Crippen MR) is 169 cm³/mol. The van der Waals surface area contributed by atoms with Gasteiger partial charge in [0.15, 0.2) is 17.3 Å². The van der Waals surface area contributed by atoms with Gasteiger partial charge in [-0.05, 0) is 49.9 Å². The molecule has 5 aromatic rings. The van der Waals surface area contributed by atoms with Crippen molar-refractivity contribution in [2.45, 2.75) is 32.7 Å². The number of pyridine rings is 2. The number of carbonyl (C=O) groups excluding carboxylic acids is 1. The van der Waals surface area contributed by atoms with E-state index in [-0.39, 0.29) is 28.9 Å². The van der Waals surface area contributed by atoms with Crippen molar-refractivity contribution in [3.05, 3.63) is 100 Å². The predicted octanol–water partition coefficient (Wildman–Crippen LogP) is 5.82. The highest BCUT2D eigenvalue weighted by molar-refractivity contribution is 5.97. The molecule has 1 fully saturated rings. The Kier molecular flexibility index (Phi) is 8.84. The summed E-state index contributed by atoms with van der Waals surface area (Å²) < 4.78 is 24.2. The molecular formula is C35H34N4O6. The molecule has 1 aliphatic heterocycles. The second-order valence-corrected chi connectivity index (χ2v) is 11.1. The van der Waals surface area contributed by atoms with E-state index in [0.717, 1.165) is 23.8 Å². The van der Waals surface area contributed by atoms with Crippen LogP contribution in [0, 0.1) is 12.8 Å². The van der Waals surface area contributed by atoms with Crippen molar-refractivity contribution in [3.63, 3.8) is 0 Å². The van der Waals surface area contributed by atoms with Crippen molar-refractivity contribution in [3.8, 4) is 34.3 Å². The van der Waals surface area contributed by atoms with Gasteiger partial charge in [-0.2, -0.15) is 5.10 Å². The highest BCUT2D eigenvalue weighted by atomic mass is 16.5. The highest BCUT2D eigenvalue weighted by Gasteiger charge is 2.21. The fourth-order valence-corrected chi connectivity index (χ4v) is 5.42. The van der Waals surface area contributed by atoms with Crippen LogP contribution < -0.4 is 19.6 Å². The van der Waals surface area contributed by atoms with Gasteiger partial charge in [0.1, 0.15) is 17.2 Å². The average molecular weight is 607 g/mol. The van der Waals surface area contributed by atoms with E-state index in [1.165, 1.54) is 0 Å². The van der Waals surface area contributed by atoms with Crippen LogP contribution in [0.15, 0.2) is 78.0 Å². The summed E-state index contributed by atoms with van der Waals surface area (Å²) in [6.07, 6.45) is 6.58. The van der Waals surface area contributed by atoms with E-state index in [4.69, 9.17) is 18.9 Å². The molecule has 10 heteroatoms. The number of fused-ring (bicyclic) bond motifs is 1. The Morgan fingerprint density at radius 3 is 2.42 bits per heavy atom. The molecule has 230 valence electrons. The molecule has 45 heavy (non-hydrogen) atoms. The Morgan fingerprint density at radius 1 is 0.956 bits per heavy atom. The Labute approximate surface area is 260 Å². The maximum absolute atomic E-state index is 13.6. The summed E-state index contributed by atoms with van der Waals surface area (Å²) in [5.74, 6) is 2.22. The zero-order valence-electron chi connectivity index (χ0n) is 25.5. The van der Waals surface area contributed by atoms with Crippen molar-refractivity contribution in [2.24, 2.45) is 5.92 Å². The van der Waals surface area contributed by atoms with Gasteiger partial charge in [-0.3, -0.25) is 24.2 Å². The third kappa shape index (κ3) is 6.71. The molecule has 0 amide bonds. The quantitative estimate of drug-likeness (QED) is 0.181. The first kappa shape index (κ1) is 30.0. The van der Waals surface area contributed by atoms with Crippen LogP contribution in [-0.4, -0.2) is 53.0 Å². The number of hydrogen-bond donors (Lipinski definition) is 0. The summed E-state index contributed by atoms with van der Waals surface area (Å²) >= 11 is 0. The van der Waals surface area contributed by atoms with Gasteiger partial charge < -0.3 is 18.9 Å².